The van der Waals surface area contributed by atoms with Gasteiger partial charge in [-0.05, 0) is 24.6 Å². The Hall–Kier alpha value is -2.64. The van der Waals surface area contributed by atoms with Gasteiger partial charge in [-0.1, -0.05) is 23.7 Å². The van der Waals surface area contributed by atoms with E-state index in [0.29, 0.717) is 15.6 Å². The van der Waals surface area contributed by atoms with Crippen LogP contribution in [0.1, 0.15) is 15.2 Å². The monoisotopic (exact) mass is 376 g/mol. The summed E-state index contributed by atoms with van der Waals surface area (Å²) in [5, 5.41) is 14.7. The molecule has 6 nitrogen and oxygen atoms in total. The number of nitro benzene ring substituents is 1. The zero-order valence-corrected chi connectivity index (χ0v) is 14.9. The first kappa shape index (κ1) is 17.2. The maximum absolute atomic E-state index is 12.6. The standard InChI is InChI=1S/C17H13ClN2O4S/c1-9-3-5-11-14(7-9)25-16(15(11)18)17(21)19-12-6-4-10(20(22)23)8-13(12)24-2/h3-8H,1-2H3,(H,19,21). The lowest BCUT2D eigenvalue weighted by Crippen LogP contribution is -2.11. The van der Waals surface area contributed by atoms with Crippen molar-refractivity contribution in [3.63, 3.8) is 0 Å². The van der Waals surface area contributed by atoms with E-state index in [1.165, 1.54) is 36.6 Å². The van der Waals surface area contributed by atoms with Crippen molar-refractivity contribution in [3.05, 3.63) is 62.0 Å². The number of anilines is 1. The summed E-state index contributed by atoms with van der Waals surface area (Å²) in [4.78, 5) is 23.3. The molecule has 1 N–H and O–H groups in total. The van der Waals surface area contributed by atoms with Crippen LogP contribution in [0, 0.1) is 17.0 Å². The number of rotatable bonds is 4. The quantitative estimate of drug-likeness (QED) is 0.511. The van der Waals surface area contributed by atoms with Gasteiger partial charge >= 0.3 is 0 Å². The second-order valence-corrected chi connectivity index (χ2v) is 6.77. The first-order chi connectivity index (χ1) is 11.9. The van der Waals surface area contributed by atoms with Gasteiger partial charge in [0.1, 0.15) is 10.6 Å². The zero-order valence-electron chi connectivity index (χ0n) is 13.3. The molecule has 128 valence electrons. The lowest BCUT2D eigenvalue weighted by molar-refractivity contribution is -0.384. The van der Waals surface area contributed by atoms with E-state index < -0.39 is 10.8 Å². The van der Waals surface area contributed by atoms with Crippen molar-refractivity contribution in [2.24, 2.45) is 0 Å². The van der Waals surface area contributed by atoms with Crippen LogP contribution in [-0.4, -0.2) is 17.9 Å². The molecule has 0 unspecified atom stereocenters. The van der Waals surface area contributed by atoms with Gasteiger partial charge in [-0.15, -0.1) is 11.3 Å². The average molecular weight is 377 g/mol. The lowest BCUT2D eigenvalue weighted by atomic mass is 10.2. The Labute approximate surface area is 152 Å². The van der Waals surface area contributed by atoms with Crippen molar-refractivity contribution < 1.29 is 14.5 Å². The van der Waals surface area contributed by atoms with Crippen LogP contribution < -0.4 is 10.1 Å². The molecule has 0 aliphatic heterocycles. The van der Waals surface area contributed by atoms with Gasteiger partial charge in [0.05, 0.1) is 28.8 Å². The molecule has 0 aliphatic carbocycles. The Balaban J connectivity index is 1.95. The fraction of sp³-hybridized carbons (Fsp3) is 0.118. The molecule has 0 fully saturated rings. The average Bonchev–Trinajstić information content (AvgIpc) is 2.91. The predicted octanol–water partition coefficient (Wildman–Crippen LogP) is 5.03. The number of carbonyl (C=O) groups is 1. The second-order valence-electron chi connectivity index (χ2n) is 5.34. The fourth-order valence-corrected chi connectivity index (χ4v) is 3.90. The van der Waals surface area contributed by atoms with Gasteiger partial charge in [0.25, 0.3) is 11.6 Å². The van der Waals surface area contributed by atoms with E-state index in [9.17, 15) is 14.9 Å². The third-order valence-electron chi connectivity index (χ3n) is 3.64. The number of aryl methyl sites for hydroxylation is 1. The molecular formula is C17H13ClN2O4S. The number of halogens is 1. The summed E-state index contributed by atoms with van der Waals surface area (Å²) in [6.07, 6.45) is 0. The lowest BCUT2D eigenvalue weighted by Gasteiger charge is -2.09. The molecule has 2 aromatic carbocycles. The summed E-state index contributed by atoms with van der Waals surface area (Å²) in [6, 6.07) is 9.77. The van der Waals surface area contributed by atoms with Crippen molar-refractivity contribution in [3.8, 4) is 5.75 Å². The summed E-state index contributed by atoms with van der Waals surface area (Å²) >= 11 is 7.63. The van der Waals surface area contributed by atoms with E-state index in [2.05, 4.69) is 5.32 Å². The third kappa shape index (κ3) is 3.29. The predicted molar refractivity (Wildman–Crippen MR) is 99.2 cm³/mol. The third-order valence-corrected chi connectivity index (χ3v) is 5.29. The minimum Gasteiger partial charge on any atom is -0.494 e. The van der Waals surface area contributed by atoms with E-state index in [0.717, 1.165) is 15.6 Å². The number of ether oxygens (including phenoxy) is 1. The Morgan fingerprint density at radius 1 is 1.28 bits per heavy atom. The van der Waals surface area contributed by atoms with Gasteiger partial charge in [-0.2, -0.15) is 0 Å². The number of hydrogen-bond acceptors (Lipinski definition) is 5. The van der Waals surface area contributed by atoms with Gasteiger partial charge in [0.15, 0.2) is 0 Å². The van der Waals surface area contributed by atoms with Crippen LogP contribution in [0.15, 0.2) is 36.4 Å². The van der Waals surface area contributed by atoms with Crippen LogP contribution in [0.25, 0.3) is 10.1 Å². The number of benzene rings is 2. The van der Waals surface area contributed by atoms with Crippen molar-refractivity contribution in [2.45, 2.75) is 6.92 Å². The summed E-state index contributed by atoms with van der Waals surface area (Å²) < 4.78 is 6.05. The van der Waals surface area contributed by atoms with E-state index in [4.69, 9.17) is 16.3 Å². The minimum absolute atomic E-state index is 0.120. The maximum atomic E-state index is 12.6. The Morgan fingerprint density at radius 3 is 2.72 bits per heavy atom. The first-order valence-electron chi connectivity index (χ1n) is 7.23. The number of amides is 1. The molecule has 0 radical (unpaired) electrons. The number of nitrogens with zero attached hydrogens (tertiary/aromatic N) is 1. The van der Waals surface area contributed by atoms with E-state index >= 15 is 0 Å². The van der Waals surface area contributed by atoms with Crippen molar-refractivity contribution in [2.75, 3.05) is 12.4 Å². The van der Waals surface area contributed by atoms with Gasteiger partial charge in [0, 0.05) is 16.2 Å². The van der Waals surface area contributed by atoms with Crippen LogP contribution in [0.3, 0.4) is 0 Å². The van der Waals surface area contributed by atoms with Crippen LogP contribution in [0.2, 0.25) is 5.02 Å². The Kier molecular flexibility index (Phi) is 4.61. The highest BCUT2D eigenvalue weighted by atomic mass is 35.5. The SMILES string of the molecule is COc1cc([N+](=O)[O-])ccc1NC(=O)c1sc2cc(C)ccc2c1Cl. The largest absolute Gasteiger partial charge is 0.494 e. The van der Waals surface area contributed by atoms with Gasteiger partial charge in [-0.25, -0.2) is 0 Å². The topological polar surface area (TPSA) is 81.5 Å². The summed E-state index contributed by atoms with van der Waals surface area (Å²) in [5.41, 5.74) is 1.29. The molecule has 0 saturated heterocycles. The highest BCUT2D eigenvalue weighted by molar-refractivity contribution is 7.21. The smallest absolute Gasteiger partial charge is 0.273 e. The fourth-order valence-electron chi connectivity index (χ4n) is 2.39. The summed E-state index contributed by atoms with van der Waals surface area (Å²) in [7, 11) is 1.38. The second kappa shape index (κ2) is 6.70. The Bertz CT molecular complexity index is 1000. The van der Waals surface area contributed by atoms with Crippen LogP contribution in [0.4, 0.5) is 11.4 Å². The van der Waals surface area contributed by atoms with Crippen molar-refractivity contribution in [1.29, 1.82) is 0 Å². The minimum atomic E-state index is -0.528. The molecule has 0 atom stereocenters. The molecule has 1 amide bonds. The van der Waals surface area contributed by atoms with Crippen molar-refractivity contribution >= 4 is 50.3 Å². The highest BCUT2D eigenvalue weighted by Crippen LogP contribution is 2.37. The molecule has 1 heterocycles. The molecule has 1 aromatic heterocycles. The van der Waals surface area contributed by atoms with Crippen molar-refractivity contribution in [1.82, 2.24) is 0 Å². The molecule has 3 aromatic rings. The summed E-state index contributed by atoms with van der Waals surface area (Å²) in [6.45, 7) is 1.97. The van der Waals surface area contributed by atoms with E-state index in [1.807, 2.05) is 25.1 Å². The maximum Gasteiger partial charge on any atom is 0.273 e. The van der Waals surface area contributed by atoms with E-state index in [1.54, 1.807) is 0 Å². The number of fused-ring (bicyclic) bond motifs is 1. The molecule has 0 bridgehead atoms. The molecule has 0 aliphatic rings. The number of methoxy groups -OCH3 is 1. The molecule has 8 heteroatoms. The normalized spacial score (nSPS) is 10.7. The first-order valence-corrected chi connectivity index (χ1v) is 8.42. The number of carbonyl (C=O) groups excluding carboxylic acids is 1. The number of non-ortho nitro benzene ring substituents is 1. The van der Waals surface area contributed by atoms with E-state index in [-0.39, 0.29) is 11.4 Å². The molecule has 3 rings (SSSR count). The van der Waals surface area contributed by atoms with Crippen LogP contribution in [0.5, 0.6) is 5.75 Å². The molecule has 0 spiro atoms. The highest BCUT2D eigenvalue weighted by Gasteiger charge is 2.19. The number of nitrogens with one attached hydrogen (secondary N) is 1. The molecule has 0 saturated carbocycles. The summed E-state index contributed by atoms with van der Waals surface area (Å²) in [5.74, 6) is -0.188. The van der Waals surface area contributed by atoms with Gasteiger partial charge < -0.3 is 10.1 Å². The number of thiophene rings is 1. The van der Waals surface area contributed by atoms with Crippen LogP contribution >= 0.6 is 22.9 Å². The number of nitro groups is 1. The van der Waals surface area contributed by atoms with Gasteiger partial charge in [-0.3, -0.25) is 14.9 Å². The zero-order chi connectivity index (χ0) is 18.1. The van der Waals surface area contributed by atoms with Gasteiger partial charge in [0.2, 0.25) is 0 Å². The molecule has 25 heavy (non-hydrogen) atoms. The number of hydrogen-bond donors (Lipinski definition) is 1. The Morgan fingerprint density at radius 2 is 2.04 bits per heavy atom. The van der Waals surface area contributed by atoms with Crippen LogP contribution in [-0.2, 0) is 0 Å². The molecular weight excluding hydrogens is 364 g/mol.